The maximum absolute atomic E-state index is 12.5. The van der Waals surface area contributed by atoms with Gasteiger partial charge in [-0.2, -0.15) is 0 Å². The largest absolute Gasteiger partial charge is 0.493 e. The van der Waals surface area contributed by atoms with Crippen LogP contribution in [-0.2, 0) is 9.53 Å². The number of hydrogen-bond donors (Lipinski definition) is 1. The van der Waals surface area contributed by atoms with E-state index in [9.17, 15) is 9.59 Å². The zero-order chi connectivity index (χ0) is 24.0. The van der Waals surface area contributed by atoms with Crippen molar-refractivity contribution in [2.45, 2.75) is 20.0 Å². The van der Waals surface area contributed by atoms with Gasteiger partial charge in [0.2, 0.25) is 0 Å². The van der Waals surface area contributed by atoms with E-state index < -0.39 is 5.97 Å². The van der Waals surface area contributed by atoms with E-state index in [2.05, 4.69) is 16.2 Å². The van der Waals surface area contributed by atoms with Crippen LogP contribution in [0.3, 0.4) is 0 Å². The van der Waals surface area contributed by atoms with Crippen molar-refractivity contribution in [3.63, 3.8) is 0 Å². The molecule has 0 aliphatic carbocycles. The fraction of sp³-hybridized carbons (Fsp3) is 0.208. The lowest BCUT2D eigenvalue weighted by Gasteiger charge is -2.11. The van der Waals surface area contributed by atoms with Crippen molar-refractivity contribution in [1.82, 2.24) is 5.32 Å². The number of benzene rings is 2. The SMILES string of the molecule is C#CCOc1c(Cl)cc(/C=C2/SC(=Nc3cccc(C(=O)OC(C)C)c3)NC2=O)cc1OC. The molecule has 1 aliphatic heterocycles. The maximum Gasteiger partial charge on any atom is 0.338 e. The van der Waals surface area contributed by atoms with Gasteiger partial charge >= 0.3 is 5.97 Å². The number of aliphatic imine (C=N–C) groups is 1. The first-order valence-corrected chi connectivity index (χ1v) is 11.0. The summed E-state index contributed by atoms with van der Waals surface area (Å²) in [6.07, 6.45) is 6.67. The molecule has 1 saturated heterocycles. The number of carbonyl (C=O) groups excluding carboxylic acids is 2. The number of hydrogen-bond acceptors (Lipinski definition) is 7. The Bertz CT molecular complexity index is 1180. The molecule has 3 rings (SSSR count). The summed E-state index contributed by atoms with van der Waals surface area (Å²) in [5.41, 5.74) is 1.53. The van der Waals surface area contributed by atoms with E-state index in [4.69, 9.17) is 32.2 Å². The number of nitrogens with one attached hydrogen (secondary N) is 1. The average Bonchev–Trinajstić information content (AvgIpc) is 3.10. The second-order valence-corrected chi connectivity index (χ2v) is 8.45. The van der Waals surface area contributed by atoms with Crippen LogP contribution in [0.15, 0.2) is 46.3 Å². The zero-order valence-corrected chi connectivity index (χ0v) is 19.8. The summed E-state index contributed by atoms with van der Waals surface area (Å²) in [6, 6.07) is 10.0. The van der Waals surface area contributed by atoms with Crippen LogP contribution in [-0.4, -0.2) is 36.9 Å². The highest BCUT2D eigenvalue weighted by molar-refractivity contribution is 8.18. The number of nitrogens with zero attached hydrogens (tertiary/aromatic N) is 1. The van der Waals surface area contributed by atoms with Crippen molar-refractivity contribution in [3.8, 4) is 23.8 Å². The Kier molecular flexibility index (Phi) is 8.04. The minimum Gasteiger partial charge on any atom is -0.493 e. The molecule has 1 aliphatic rings. The lowest BCUT2D eigenvalue weighted by Crippen LogP contribution is -2.19. The molecule has 170 valence electrons. The van der Waals surface area contributed by atoms with Gasteiger partial charge in [-0.25, -0.2) is 9.79 Å². The van der Waals surface area contributed by atoms with Gasteiger partial charge in [0.1, 0.15) is 6.61 Å². The third-order valence-electron chi connectivity index (χ3n) is 4.16. The molecule has 0 saturated carbocycles. The van der Waals surface area contributed by atoms with Crippen molar-refractivity contribution in [2.24, 2.45) is 4.99 Å². The minimum absolute atomic E-state index is 0.0466. The normalized spacial score (nSPS) is 15.5. The number of carbonyl (C=O) groups is 2. The van der Waals surface area contributed by atoms with E-state index in [1.54, 1.807) is 56.3 Å². The molecule has 1 heterocycles. The Morgan fingerprint density at radius 1 is 1.33 bits per heavy atom. The second kappa shape index (κ2) is 10.9. The van der Waals surface area contributed by atoms with Crippen molar-refractivity contribution in [3.05, 3.63) is 57.5 Å². The van der Waals surface area contributed by atoms with Gasteiger partial charge in [-0.15, -0.1) is 6.42 Å². The highest BCUT2D eigenvalue weighted by Gasteiger charge is 2.24. The van der Waals surface area contributed by atoms with E-state index in [0.717, 1.165) is 11.8 Å². The highest BCUT2D eigenvalue weighted by Crippen LogP contribution is 2.38. The number of esters is 1. The van der Waals surface area contributed by atoms with Crippen molar-refractivity contribution in [1.29, 1.82) is 0 Å². The van der Waals surface area contributed by atoms with E-state index in [1.807, 2.05) is 0 Å². The Morgan fingerprint density at radius 3 is 2.82 bits per heavy atom. The van der Waals surface area contributed by atoms with E-state index in [-0.39, 0.29) is 18.6 Å². The fourth-order valence-corrected chi connectivity index (χ4v) is 3.93. The lowest BCUT2D eigenvalue weighted by molar-refractivity contribution is -0.115. The van der Waals surface area contributed by atoms with E-state index in [0.29, 0.717) is 43.4 Å². The number of methoxy groups -OCH3 is 1. The van der Waals surface area contributed by atoms with Crippen LogP contribution in [0, 0.1) is 12.3 Å². The van der Waals surface area contributed by atoms with Crippen LogP contribution in [0.1, 0.15) is 29.8 Å². The molecule has 0 atom stereocenters. The second-order valence-electron chi connectivity index (χ2n) is 7.01. The Morgan fingerprint density at radius 2 is 2.12 bits per heavy atom. The predicted octanol–water partition coefficient (Wildman–Crippen LogP) is 4.82. The van der Waals surface area contributed by atoms with Crippen LogP contribution in [0.25, 0.3) is 6.08 Å². The Labute approximate surface area is 201 Å². The third kappa shape index (κ3) is 6.31. The summed E-state index contributed by atoms with van der Waals surface area (Å²) in [4.78, 5) is 29.4. The van der Waals surface area contributed by atoms with Crippen LogP contribution >= 0.6 is 23.4 Å². The molecule has 0 aromatic heterocycles. The topological polar surface area (TPSA) is 86.2 Å². The average molecular weight is 485 g/mol. The monoisotopic (exact) mass is 484 g/mol. The minimum atomic E-state index is -0.434. The molecule has 33 heavy (non-hydrogen) atoms. The van der Waals surface area contributed by atoms with Gasteiger partial charge in [-0.1, -0.05) is 23.6 Å². The number of thioether (sulfide) groups is 1. The molecule has 9 heteroatoms. The van der Waals surface area contributed by atoms with E-state index in [1.165, 1.54) is 7.11 Å². The van der Waals surface area contributed by atoms with Gasteiger partial charge in [0.25, 0.3) is 5.91 Å². The standard InChI is InChI=1S/C24H21ClN2O5S/c1-5-9-31-21-18(25)10-15(11-19(21)30-4)12-20-22(28)27-24(33-20)26-17-8-6-7-16(13-17)23(29)32-14(2)3/h1,6-8,10-14H,9H2,2-4H3,(H,26,27,28)/b20-12+. The van der Waals surface area contributed by atoms with Gasteiger partial charge in [0.05, 0.1) is 34.4 Å². The van der Waals surface area contributed by atoms with Crippen molar-refractivity contribution >= 4 is 52.2 Å². The molecule has 7 nitrogen and oxygen atoms in total. The Hall–Kier alpha value is -3.41. The number of rotatable bonds is 7. The van der Waals surface area contributed by atoms with Crippen LogP contribution in [0.2, 0.25) is 5.02 Å². The molecule has 1 amide bonds. The van der Waals surface area contributed by atoms with E-state index >= 15 is 0 Å². The molecule has 2 aromatic carbocycles. The lowest BCUT2D eigenvalue weighted by atomic mass is 10.2. The number of amides is 1. The Balaban J connectivity index is 1.82. The molecule has 0 bridgehead atoms. The van der Waals surface area contributed by atoms with Crippen molar-refractivity contribution in [2.75, 3.05) is 13.7 Å². The van der Waals surface area contributed by atoms with Crippen LogP contribution in [0.5, 0.6) is 11.5 Å². The first kappa shape index (κ1) is 24.2. The van der Waals surface area contributed by atoms with Gasteiger partial charge in [-0.3, -0.25) is 4.79 Å². The summed E-state index contributed by atoms with van der Waals surface area (Å²) >= 11 is 7.47. The first-order valence-electron chi connectivity index (χ1n) is 9.85. The van der Waals surface area contributed by atoms with Crippen molar-refractivity contribution < 1.29 is 23.8 Å². The van der Waals surface area contributed by atoms with Gasteiger partial charge in [0.15, 0.2) is 16.7 Å². The summed E-state index contributed by atoms with van der Waals surface area (Å²) in [6.45, 7) is 3.60. The third-order valence-corrected chi connectivity index (χ3v) is 5.35. The van der Waals surface area contributed by atoms with Gasteiger partial charge < -0.3 is 19.5 Å². The summed E-state index contributed by atoms with van der Waals surface area (Å²) in [5, 5.41) is 3.40. The van der Waals surface area contributed by atoms with Gasteiger partial charge in [0, 0.05) is 0 Å². The first-order chi connectivity index (χ1) is 15.8. The van der Waals surface area contributed by atoms with Crippen LogP contribution < -0.4 is 14.8 Å². The number of terminal acetylenes is 1. The molecular formula is C24H21ClN2O5S. The summed E-state index contributed by atoms with van der Waals surface area (Å²) in [7, 11) is 1.48. The van der Waals surface area contributed by atoms with Gasteiger partial charge in [-0.05, 0) is 67.6 Å². The highest BCUT2D eigenvalue weighted by atomic mass is 35.5. The molecular weight excluding hydrogens is 464 g/mol. The smallest absolute Gasteiger partial charge is 0.338 e. The summed E-state index contributed by atoms with van der Waals surface area (Å²) < 4.78 is 16.0. The molecule has 2 aromatic rings. The zero-order valence-electron chi connectivity index (χ0n) is 18.2. The quantitative estimate of drug-likeness (QED) is 0.344. The molecule has 1 N–H and O–H groups in total. The number of halogens is 1. The molecule has 0 unspecified atom stereocenters. The van der Waals surface area contributed by atoms with Crippen LogP contribution in [0.4, 0.5) is 5.69 Å². The molecule has 0 spiro atoms. The summed E-state index contributed by atoms with van der Waals surface area (Å²) in [5.74, 6) is 2.36. The predicted molar refractivity (Wildman–Crippen MR) is 130 cm³/mol. The number of ether oxygens (including phenoxy) is 3. The number of amidine groups is 1. The molecule has 1 fully saturated rings. The molecule has 0 radical (unpaired) electrons. The maximum atomic E-state index is 12.5. The fourth-order valence-electron chi connectivity index (χ4n) is 2.81.